The Balaban J connectivity index is 1.83. The second-order valence-corrected chi connectivity index (χ2v) is 6.55. The Morgan fingerprint density at radius 2 is 2.16 bits per heavy atom. The van der Waals surface area contributed by atoms with Gasteiger partial charge in [0, 0.05) is 24.8 Å². The molecule has 1 N–H and O–H groups in total. The molecule has 1 aromatic heterocycles. The van der Waals surface area contributed by atoms with E-state index in [9.17, 15) is 18.3 Å². The van der Waals surface area contributed by atoms with E-state index in [0.29, 0.717) is 35.2 Å². The minimum atomic E-state index is -4.43. The van der Waals surface area contributed by atoms with Crippen LogP contribution < -0.4 is 0 Å². The average molecular weight is 292 g/mol. The van der Waals surface area contributed by atoms with Gasteiger partial charge in [0.1, 0.15) is 5.60 Å². The van der Waals surface area contributed by atoms with Gasteiger partial charge in [-0.2, -0.15) is 13.2 Å². The first-order valence-electron chi connectivity index (χ1n) is 6.31. The summed E-state index contributed by atoms with van der Waals surface area (Å²) in [6.07, 6.45) is -0.535. The van der Waals surface area contributed by atoms with Crippen LogP contribution in [0.25, 0.3) is 0 Å². The van der Waals surface area contributed by atoms with Crippen LogP contribution in [0.4, 0.5) is 13.2 Å². The standard InChI is InChI=1S/C12H15F3N2OS/c1-7-4-11(18,6-17(7)8-2-3-8)9-5-16-10(19-9)12(13,14)15/h5,7-8,18H,2-4,6H2,1H3. The van der Waals surface area contributed by atoms with Crippen molar-refractivity contribution in [1.29, 1.82) is 0 Å². The molecule has 2 unspecified atom stereocenters. The van der Waals surface area contributed by atoms with Crippen molar-refractivity contribution in [3.05, 3.63) is 16.1 Å². The highest BCUT2D eigenvalue weighted by Gasteiger charge is 2.48. The Bertz CT molecular complexity index is 486. The second kappa shape index (κ2) is 4.17. The van der Waals surface area contributed by atoms with Crippen molar-refractivity contribution in [3.8, 4) is 0 Å². The van der Waals surface area contributed by atoms with Gasteiger partial charge in [-0.25, -0.2) is 4.98 Å². The van der Waals surface area contributed by atoms with E-state index < -0.39 is 16.8 Å². The van der Waals surface area contributed by atoms with E-state index in [1.54, 1.807) is 0 Å². The number of hydrogen-bond donors (Lipinski definition) is 1. The predicted molar refractivity (Wildman–Crippen MR) is 64.8 cm³/mol. The van der Waals surface area contributed by atoms with E-state index >= 15 is 0 Å². The van der Waals surface area contributed by atoms with E-state index in [-0.39, 0.29) is 6.04 Å². The highest BCUT2D eigenvalue weighted by molar-refractivity contribution is 7.11. The Labute approximate surface area is 113 Å². The van der Waals surface area contributed by atoms with E-state index in [1.165, 1.54) is 6.20 Å². The van der Waals surface area contributed by atoms with Crippen LogP contribution in [-0.4, -0.2) is 33.6 Å². The van der Waals surface area contributed by atoms with Crippen LogP contribution in [-0.2, 0) is 11.8 Å². The molecule has 0 radical (unpaired) electrons. The fraction of sp³-hybridized carbons (Fsp3) is 0.750. The summed E-state index contributed by atoms with van der Waals surface area (Å²) < 4.78 is 37.7. The molecular formula is C12H15F3N2OS. The van der Waals surface area contributed by atoms with Gasteiger partial charge in [0.05, 0.1) is 4.88 Å². The molecule has 3 nitrogen and oxygen atoms in total. The number of aromatic nitrogens is 1. The lowest BCUT2D eigenvalue weighted by molar-refractivity contribution is -0.137. The molecule has 19 heavy (non-hydrogen) atoms. The van der Waals surface area contributed by atoms with Gasteiger partial charge < -0.3 is 5.11 Å². The fourth-order valence-corrected chi connectivity index (χ4v) is 3.70. The molecule has 0 aromatic carbocycles. The highest BCUT2D eigenvalue weighted by Crippen LogP contribution is 2.44. The van der Waals surface area contributed by atoms with Crippen LogP contribution in [0.3, 0.4) is 0 Å². The molecule has 0 amide bonds. The summed E-state index contributed by atoms with van der Waals surface area (Å²) in [6.45, 7) is 2.43. The van der Waals surface area contributed by atoms with Gasteiger partial charge in [0.2, 0.25) is 0 Å². The number of hydrogen-bond acceptors (Lipinski definition) is 4. The molecule has 1 aliphatic heterocycles. The maximum Gasteiger partial charge on any atom is 0.443 e. The molecule has 1 saturated carbocycles. The number of β-amino-alcohol motifs (C(OH)–C–C–N with tert-alkyl or cyclic N) is 1. The second-order valence-electron chi connectivity index (χ2n) is 5.52. The largest absolute Gasteiger partial charge is 0.443 e. The molecule has 1 saturated heterocycles. The van der Waals surface area contributed by atoms with Crippen LogP contribution in [0.1, 0.15) is 36.1 Å². The van der Waals surface area contributed by atoms with Crippen LogP contribution in [0.15, 0.2) is 6.20 Å². The quantitative estimate of drug-likeness (QED) is 0.910. The molecule has 1 aliphatic carbocycles. The topological polar surface area (TPSA) is 36.4 Å². The summed E-state index contributed by atoms with van der Waals surface area (Å²) in [5, 5.41) is 9.74. The monoisotopic (exact) mass is 292 g/mol. The van der Waals surface area contributed by atoms with Crippen LogP contribution in [0, 0.1) is 0 Å². The molecule has 0 spiro atoms. The van der Waals surface area contributed by atoms with Crippen LogP contribution in [0.5, 0.6) is 0 Å². The maximum absolute atomic E-state index is 12.6. The zero-order chi connectivity index (χ0) is 13.8. The first-order chi connectivity index (χ1) is 8.79. The Kier molecular flexibility index (Phi) is 2.92. The number of alkyl halides is 3. The average Bonchev–Trinajstić information content (AvgIpc) is 2.88. The third kappa shape index (κ3) is 2.39. The summed E-state index contributed by atoms with van der Waals surface area (Å²) in [4.78, 5) is 5.93. The van der Waals surface area contributed by atoms with Crippen molar-refractivity contribution >= 4 is 11.3 Å². The first kappa shape index (κ1) is 13.3. The molecule has 2 atom stereocenters. The van der Waals surface area contributed by atoms with Gasteiger partial charge in [0.25, 0.3) is 0 Å². The first-order valence-corrected chi connectivity index (χ1v) is 7.13. The number of thiazole rings is 1. The lowest BCUT2D eigenvalue weighted by Crippen LogP contribution is -2.32. The number of aliphatic hydroxyl groups is 1. The minimum Gasteiger partial charge on any atom is -0.383 e. The smallest absolute Gasteiger partial charge is 0.383 e. The summed E-state index contributed by atoms with van der Waals surface area (Å²) in [6, 6.07) is 0.702. The van der Waals surface area contributed by atoms with E-state index in [1.807, 2.05) is 6.92 Å². The third-order valence-corrected chi connectivity index (χ3v) is 5.10. The van der Waals surface area contributed by atoms with Gasteiger partial charge in [-0.1, -0.05) is 0 Å². The molecule has 7 heteroatoms. The molecule has 106 valence electrons. The van der Waals surface area contributed by atoms with Crippen molar-refractivity contribution in [2.24, 2.45) is 0 Å². The summed E-state index contributed by atoms with van der Waals surface area (Å²) >= 11 is 0.559. The number of halogens is 3. The predicted octanol–water partition coefficient (Wildman–Crippen LogP) is 2.61. The molecule has 0 bridgehead atoms. The fourth-order valence-electron chi connectivity index (χ4n) is 2.82. The Morgan fingerprint density at radius 1 is 1.47 bits per heavy atom. The van der Waals surface area contributed by atoms with Gasteiger partial charge in [-0.05, 0) is 26.2 Å². The van der Waals surface area contributed by atoms with E-state index in [4.69, 9.17) is 0 Å². The molecule has 2 fully saturated rings. The van der Waals surface area contributed by atoms with E-state index in [2.05, 4.69) is 9.88 Å². The Hall–Kier alpha value is -0.660. The number of likely N-dealkylation sites (tertiary alicyclic amines) is 1. The molecular weight excluding hydrogens is 277 g/mol. The van der Waals surface area contributed by atoms with Crippen molar-refractivity contribution in [2.75, 3.05) is 6.54 Å². The number of nitrogens with zero attached hydrogens (tertiary/aromatic N) is 2. The SMILES string of the molecule is CC1CC(O)(c2cnc(C(F)(F)F)s2)CN1C1CC1. The zero-order valence-corrected chi connectivity index (χ0v) is 11.3. The lowest BCUT2D eigenvalue weighted by Gasteiger charge is -2.22. The van der Waals surface area contributed by atoms with Crippen molar-refractivity contribution in [1.82, 2.24) is 9.88 Å². The molecule has 1 aromatic rings. The summed E-state index contributed by atoms with van der Waals surface area (Å²) in [7, 11) is 0. The van der Waals surface area contributed by atoms with Crippen molar-refractivity contribution in [3.63, 3.8) is 0 Å². The van der Waals surface area contributed by atoms with Gasteiger partial charge in [-0.3, -0.25) is 4.90 Å². The van der Waals surface area contributed by atoms with Crippen molar-refractivity contribution in [2.45, 2.75) is 50.0 Å². The summed E-state index contributed by atoms with van der Waals surface area (Å²) in [5.74, 6) is 0. The molecule has 2 heterocycles. The Morgan fingerprint density at radius 3 is 2.68 bits per heavy atom. The lowest BCUT2D eigenvalue weighted by atomic mass is 10.00. The highest BCUT2D eigenvalue weighted by atomic mass is 32.1. The zero-order valence-electron chi connectivity index (χ0n) is 10.4. The third-order valence-electron chi connectivity index (χ3n) is 3.87. The van der Waals surface area contributed by atoms with Crippen molar-refractivity contribution < 1.29 is 18.3 Å². The normalized spacial score (nSPS) is 33.0. The van der Waals surface area contributed by atoms with E-state index in [0.717, 1.165) is 12.8 Å². The van der Waals surface area contributed by atoms with Gasteiger partial charge in [-0.15, -0.1) is 11.3 Å². The van der Waals surface area contributed by atoms with Crippen LogP contribution >= 0.6 is 11.3 Å². The van der Waals surface area contributed by atoms with Crippen LogP contribution in [0.2, 0.25) is 0 Å². The number of rotatable bonds is 2. The van der Waals surface area contributed by atoms with Gasteiger partial charge in [0.15, 0.2) is 5.01 Å². The summed E-state index contributed by atoms with van der Waals surface area (Å²) in [5.41, 5.74) is -1.18. The molecule has 2 aliphatic rings. The minimum absolute atomic E-state index is 0.203. The molecule has 3 rings (SSSR count). The van der Waals surface area contributed by atoms with Gasteiger partial charge >= 0.3 is 6.18 Å². The maximum atomic E-state index is 12.6.